The van der Waals surface area contributed by atoms with Crippen LogP contribution in [0.2, 0.25) is 0 Å². The van der Waals surface area contributed by atoms with Crippen molar-refractivity contribution in [3.63, 3.8) is 0 Å². The van der Waals surface area contributed by atoms with Gasteiger partial charge < -0.3 is 9.64 Å². The fraction of sp³-hybridized carbons (Fsp3) is 1.00. The van der Waals surface area contributed by atoms with Gasteiger partial charge in [0.1, 0.15) is 0 Å². The first kappa shape index (κ1) is 15.0. The molecule has 0 saturated heterocycles. The van der Waals surface area contributed by atoms with E-state index in [0.717, 1.165) is 32.2 Å². The van der Waals surface area contributed by atoms with Gasteiger partial charge >= 0.3 is 0 Å². The van der Waals surface area contributed by atoms with E-state index in [1.807, 2.05) is 0 Å². The maximum Gasteiger partial charge on any atom is 0.0593 e. The highest BCUT2D eigenvalue weighted by atomic mass is 16.5. The number of likely N-dealkylation sites (N-methyl/N-ethyl adjacent to an activating group) is 1. The van der Waals surface area contributed by atoms with E-state index in [4.69, 9.17) is 4.74 Å². The van der Waals surface area contributed by atoms with Crippen molar-refractivity contribution in [1.82, 2.24) is 4.90 Å². The summed E-state index contributed by atoms with van der Waals surface area (Å²) in [5.74, 6) is 0. The summed E-state index contributed by atoms with van der Waals surface area (Å²) in [6, 6.07) is 0.815. The van der Waals surface area contributed by atoms with Crippen molar-refractivity contribution in [2.24, 2.45) is 5.41 Å². The average Bonchev–Trinajstić information content (AvgIpc) is 2.28. The number of hydrogen-bond donors (Lipinski definition) is 0. The van der Waals surface area contributed by atoms with Crippen LogP contribution in [-0.4, -0.2) is 37.7 Å². The molecule has 0 heterocycles. The topological polar surface area (TPSA) is 12.5 Å². The predicted octanol–water partition coefficient (Wildman–Crippen LogP) is 3.70. The van der Waals surface area contributed by atoms with Crippen molar-refractivity contribution in [3.05, 3.63) is 0 Å². The lowest BCUT2D eigenvalue weighted by Crippen LogP contribution is -2.35. The van der Waals surface area contributed by atoms with E-state index in [1.165, 1.54) is 32.1 Å². The van der Waals surface area contributed by atoms with Gasteiger partial charge in [-0.2, -0.15) is 0 Å². The molecule has 0 unspecified atom stereocenters. The van der Waals surface area contributed by atoms with Gasteiger partial charge in [-0.05, 0) is 31.7 Å². The summed E-state index contributed by atoms with van der Waals surface area (Å²) in [6.07, 6.45) is 8.20. The molecule has 0 spiro atoms. The summed E-state index contributed by atoms with van der Waals surface area (Å²) in [5.41, 5.74) is 0.398. The lowest BCUT2D eigenvalue weighted by atomic mass is 9.93. The Kier molecular flexibility index (Phi) is 6.50. The van der Waals surface area contributed by atoms with E-state index < -0.39 is 0 Å². The highest BCUT2D eigenvalue weighted by Crippen LogP contribution is 2.21. The molecule has 0 radical (unpaired) electrons. The Bertz CT molecular complexity index is 192. The summed E-state index contributed by atoms with van der Waals surface area (Å²) in [4.78, 5) is 2.50. The molecule has 0 atom stereocenters. The molecule has 1 aliphatic carbocycles. The Morgan fingerprint density at radius 3 is 2.29 bits per heavy atom. The molecule has 1 rings (SSSR count). The van der Waals surface area contributed by atoms with Gasteiger partial charge in [0.25, 0.3) is 0 Å². The van der Waals surface area contributed by atoms with Crippen LogP contribution < -0.4 is 0 Å². The average molecular weight is 241 g/mol. The van der Waals surface area contributed by atoms with Crippen LogP contribution >= 0.6 is 0 Å². The van der Waals surface area contributed by atoms with Crippen molar-refractivity contribution in [3.8, 4) is 0 Å². The Labute approximate surface area is 108 Å². The van der Waals surface area contributed by atoms with E-state index >= 15 is 0 Å². The van der Waals surface area contributed by atoms with Crippen LogP contribution in [0.15, 0.2) is 0 Å². The molecule has 0 aromatic carbocycles. The minimum Gasteiger partial charge on any atom is -0.380 e. The third-order valence-electron chi connectivity index (χ3n) is 3.78. The molecule has 0 aromatic rings. The van der Waals surface area contributed by atoms with Crippen LogP contribution in [0.25, 0.3) is 0 Å². The molecule has 2 nitrogen and oxygen atoms in total. The Morgan fingerprint density at radius 1 is 1.06 bits per heavy atom. The SMILES string of the molecule is CN(CCOCCC(C)(C)C)C1CCCCC1. The van der Waals surface area contributed by atoms with Gasteiger partial charge in [-0.3, -0.25) is 0 Å². The second-order valence-electron chi connectivity index (χ2n) is 6.70. The zero-order valence-corrected chi connectivity index (χ0v) is 12.3. The zero-order valence-electron chi connectivity index (χ0n) is 12.3. The van der Waals surface area contributed by atoms with Crippen molar-refractivity contribution in [1.29, 1.82) is 0 Å². The van der Waals surface area contributed by atoms with E-state index in [2.05, 4.69) is 32.7 Å². The quantitative estimate of drug-likeness (QED) is 0.657. The first-order valence-corrected chi connectivity index (χ1v) is 7.27. The number of hydrogen-bond acceptors (Lipinski definition) is 2. The Morgan fingerprint density at radius 2 is 1.71 bits per heavy atom. The van der Waals surface area contributed by atoms with E-state index in [0.29, 0.717) is 5.41 Å². The maximum atomic E-state index is 5.73. The molecule has 1 saturated carbocycles. The molecule has 0 amide bonds. The summed E-state index contributed by atoms with van der Waals surface area (Å²) in [6.45, 7) is 9.69. The van der Waals surface area contributed by atoms with Gasteiger partial charge in [-0.1, -0.05) is 40.0 Å². The van der Waals surface area contributed by atoms with Gasteiger partial charge in [0.15, 0.2) is 0 Å². The molecular formula is C15H31NO. The van der Waals surface area contributed by atoms with Gasteiger partial charge in [-0.15, -0.1) is 0 Å². The minimum absolute atomic E-state index is 0.398. The largest absolute Gasteiger partial charge is 0.380 e. The predicted molar refractivity (Wildman–Crippen MR) is 74.4 cm³/mol. The third kappa shape index (κ3) is 7.05. The van der Waals surface area contributed by atoms with E-state index in [1.54, 1.807) is 0 Å². The normalized spacial score (nSPS) is 18.9. The molecule has 1 aliphatic rings. The van der Waals surface area contributed by atoms with Crippen LogP contribution in [0.4, 0.5) is 0 Å². The standard InChI is InChI=1S/C15H31NO/c1-15(2,3)10-12-17-13-11-16(4)14-8-6-5-7-9-14/h14H,5-13H2,1-4H3. The van der Waals surface area contributed by atoms with E-state index in [-0.39, 0.29) is 0 Å². The molecule has 17 heavy (non-hydrogen) atoms. The molecule has 0 aliphatic heterocycles. The summed E-state index contributed by atoms with van der Waals surface area (Å²) >= 11 is 0. The second-order valence-corrected chi connectivity index (χ2v) is 6.70. The second kappa shape index (κ2) is 7.38. The molecule has 2 heteroatoms. The third-order valence-corrected chi connectivity index (χ3v) is 3.78. The first-order valence-electron chi connectivity index (χ1n) is 7.27. The fourth-order valence-electron chi connectivity index (χ4n) is 2.39. The molecule has 102 valence electrons. The van der Waals surface area contributed by atoms with Gasteiger partial charge in [0.2, 0.25) is 0 Å². The highest BCUT2D eigenvalue weighted by molar-refractivity contribution is 4.73. The van der Waals surface area contributed by atoms with Crippen LogP contribution in [0.3, 0.4) is 0 Å². The van der Waals surface area contributed by atoms with Gasteiger partial charge in [0, 0.05) is 19.2 Å². The zero-order chi connectivity index (χ0) is 12.7. The molecule has 1 fully saturated rings. The Balaban J connectivity index is 2.01. The molecule has 0 aromatic heterocycles. The van der Waals surface area contributed by atoms with Crippen LogP contribution in [0.5, 0.6) is 0 Å². The van der Waals surface area contributed by atoms with Crippen LogP contribution in [0, 0.1) is 5.41 Å². The number of ether oxygens (including phenoxy) is 1. The first-order chi connectivity index (χ1) is 7.99. The van der Waals surface area contributed by atoms with Crippen LogP contribution in [0.1, 0.15) is 59.3 Å². The highest BCUT2D eigenvalue weighted by Gasteiger charge is 2.17. The molecular weight excluding hydrogens is 210 g/mol. The summed E-state index contributed by atoms with van der Waals surface area (Å²) in [5, 5.41) is 0. The lowest BCUT2D eigenvalue weighted by molar-refractivity contribution is 0.0753. The van der Waals surface area contributed by atoms with Crippen molar-refractivity contribution >= 4 is 0 Å². The van der Waals surface area contributed by atoms with Crippen molar-refractivity contribution in [2.45, 2.75) is 65.3 Å². The molecule has 0 bridgehead atoms. The van der Waals surface area contributed by atoms with E-state index in [9.17, 15) is 0 Å². The molecule has 0 N–H and O–H groups in total. The van der Waals surface area contributed by atoms with Crippen LogP contribution in [-0.2, 0) is 4.74 Å². The number of rotatable bonds is 6. The summed E-state index contributed by atoms with van der Waals surface area (Å²) < 4.78 is 5.73. The summed E-state index contributed by atoms with van der Waals surface area (Å²) in [7, 11) is 2.25. The minimum atomic E-state index is 0.398. The van der Waals surface area contributed by atoms with Crippen molar-refractivity contribution < 1.29 is 4.74 Å². The Hall–Kier alpha value is -0.0800. The fourth-order valence-corrected chi connectivity index (χ4v) is 2.39. The van der Waals surface area contributed by atoms with Crippen molar-refractivity contribution in [2.75, 3.05) is 26.8 Å². The van der Waals surface area contributed by atoms with Gasteiger partial charge in [-0.25, -0.2) is 0 Å². The van der Waals surface area contributed by atoms with Gasteiger partial charge in [0.05, 0.1) is 6.61 Å². The maximum absolute atomic E-state index is 5.73. The smallest absolute Gasteiger partial charge is 0.0593 e. The lowest BCUT2D eigenvalue weighted by Gasteiger charge is -2.31. The number of nitrogens with zero attached hydrogens (tertiary/aromatic N) is 1. The monoisotopic (exact) mass is 241 g/mol.